The minimum absolute atomic E-state index is 0.0276. The summed E-state index contributed by atoms with van der Waals surface area (Å²) in [6, 6.07) is -0.865. The van der Waals surface area contributed by atoms with E-state index in [1.54, 1.807) is 6.92 Å². The molecule has 0 spiro atoms. The number of carbonyl (C=O) groups is 2. The number of amides is 1. The molecule has 2 atom stereocenters. The largest absolute Gasteiger partial charge is 0.480 e. The lowest BCUT2D eigenvalue weighted by Crippen LogP contribution is -2.46. The van der Waals surface area contributed by atoms with Crippen LogP contribution in [-0.2, 0) is 16.1 Å². The molecule has 0 aliphatic rings. The number of carboxylic acids is 1. The summed E-state index contributed by atoms with van der Waals surface area (Å²) in [5.74, 6) is -1.53. The highest BCUT2D eigenvalue weighted by Crippen LogP contribution is 2.07. The second-order valence-electron chi connectivity index (χ2n) is 3.86. The van der Waals surface area contributed by atoms with Gasteiger partial charge in [0, 0.05) is 0 Å². The summed E-state index contributed by atoms with van der Waals surface area (Å²) in [4.78, 5) is 26.3. The van der Waals surface area contributed by atoms with Gasteiger partial charge in [0.2, 0.25) is 5.91 Å². The molecular formula is C10H16N4O3. The van der Waals surface area contributed by atoms with Gasteiger partial charge in [-0.3, -0.25) is 4.79 Å². The normalized spacial score (nSPS) is 14.0. The molecule has 1 amide bonds. The van der Waals surface area contributed by atoms with Gasteiger partial charge in [-0.05, 0) is 5.92 Å². The predicted octanol–water partition coefficient (Wildman–Crippen LogP) is -0.106. The van der Waals surface area contributed by atoms with Gasteiger partial charge in [-0.15, -0.1) is 0 Å². The van der Waals surface area contributed by atoms with E-state index in [1.165, 1.54) is 17.3 Å². The van der Waals surface area contributed by atoms with Gasteiger partial charge in [-0.25, -0.2) is 14.5 Å². The first-order valence-corrected chi connectivity index (χ1v) is 5.39. The van der Waals surface area contributed by atoms with Crippen molar-refractivity contribution in [3.8, 4) is 0 Å². The third kappa shape index (κ3) is 3.86. The molecule has 0 bridgehead atoms. The number of rotatable bonds is 6. The zero-order chi connectivity index (χ0) is 12.8. The number of aliphatic carboxylic acids is 1. The van der Waals surface area contributed by atoms with Crippen molar-refractivity contribution < 1.29 is 14.7 Å². The third-order valence-corrected chi connectivity index (χ3v) is 2.57. The van der Waals surface area contributed by atoms with Crippen LogP contribution in [0.5, 0.6) is 0 Å². The highest BCUT2D eigenvalue weighted by molar-refractivity contribution is 5.83. The summed E-state index contributed by atoms with van der Waals surface area (Å²) < 4.78 is 1.34. The standard InChI is InChI=1S/C10H16N4O3/c1-3-7(2)9(10(16)17)13-8(15)4-14-6-11-5-12-14/h5-7,9H,3-4H2,1-2H3,(H,13,15)(H,16,17). The molecule has 0 saturated carbocycles. The highest BCUT2D eigenvalue weighted by atomic mass is 16.4. The van der Waals surface area contributed by atoms with Crippen molar-refractivity contribution in [3.05, 3.63) is 12.7 Å². The second kappa shape index (κ2) is 5.97. The molecule has 0 fully saturated rings. The number of hydrogen-bond donors (Lipinski definition) is 2. The van der Waals surface area contributed by atoms with E-state index in [0.717, 1.165) is 0 Å². The van der Waals surface area contributed by atoms with E-state index >= 15 is 0 Å². The summed E-state index contributed by atoms with van der Waals surface area (Å²) in [7, 11) is 0. The number of nitrogens with zero attached hydrogens (tertiary/aromatic N) is 3. The predicted molar refractivity (Wildman–Crippen MR) is 59.0 cm³/mol. The van der Waals surface area contributed by atoms with Gasteiger partial charge in [0.25, 0.3) is 0 Å². The number of aromatic nitrogens is 3. The van der Waals surface area contributed by atoms with Crippen LogP contribution in [0, 0.1) is 5.92 Å². The molecule has 0 aliphatic carbocycles. The van der Waals surface area contributed by atoms with Crippen molar-refractivity contribution in [1.29, 1.82) is 0 Å². The average Bonchev–Trinajstić information content (AvgIpc) is 2.77. The van der Waals surface area contributed by atoms with Crippen LogP contribution < -0.4 is 5.32 Å². The van der Waals surface area contributed by atoms with E-state index in [9.17, 15) is 9.59 Å². The zero-order valence-corrected chi connectivity index (χ0v) is 9.83. The van der Waals surface area contributed by atoms with E-state index in [2.05, 4.69) is 15.4 Å². The van der Waals surface area contributed by atoms with E-state index < -0.39 is 12.0 Å². The Balaban J connectivity index is 2.55. The van der Waals surface area contributed by atoms with Crippen molar-refractivity contribution in [2.45, 2.75) is 32.9 Å². The van der Waals surface area contributed by atoms with Gasteiger partial charge >= 0.3 is 5.97 Å². The molecule has 1 rings (SSSR count). The van der Waals surface area contributed by atoms with Gasteiger partial charge in [-0.2, -0.15) is 5.10 Å². The fraction of sp³-hybridized carbons (Fsp3) is 0.600. The Morgan fingerprint density at radius 3 is 2.71 bits per heavy atom. The van der Waals surface area contributed by atoms with Crippen LogP contribution in [0.3, 0.4) is 0 Å². The van der Waals surface area contributed by atoms with E-state index in [0.29, 0.717) is 6.42 Å². The molecule has 1 heterocycles. The van der Waals surface area contributed by atoms with Gasteiger partial charge < -0.3 is 10.4 Å². The number of nitrogens with one attached hydrogen (secondary N) is 1. The Labute approximate surface area is 98.8 Å². The maximum Gasteiger partial charge on any atom is 0.326 e. The van der Waals surface area contributed by atoms with Crippen molar-refractivity contribution in [3.63, 3.8) is 0 Å². The molecule has 0 saturated heterocycles. The SMILES string of the molecule is CCC(C)C(NC(=O)Cn1cncn1)C(=O)O. The first-order chi connectivity index (χ1) is 8.04. The molecule has 7 heteroatoms. The average molecular weight is 240 g/mol. The molecule has 1 aromatic heterocycles. The first-order valence-electron chi connectivity index (χ1n) is 5.39. The van der Waals surface area contributed by atoms with Crippen LogP contribution in [0.15, 0.2) is 12.7 Å². The van der Waals surface area contributed by atoms with Gasteiger partial charge in [-0.1, -0.05) is 20.3 Å². The Kier molecular flexibility index (Phi) is 4.62. The van der Waals surface area contributed by atoms with E-state index in [4.69, 9.17) is 5.11 Å². The molecule has 0 aromatic carbocycles. The second-order valence-corrected chi connectivity index (χ2v) is 3.86. The van der Waals surface area contributed by atoms with Crippen molar-refractivity contribution in [2.75, 3.05) is 0 Å². The topological polar surface area (TPSA) is 97.1 Å². The Morgan fingerprint density at radius 2 is 2.24 bits per heavy atom. The van der Waals surface area contributed by atoms with Crippen LogP contribution in [-0.4, -0.2) is 37.8 Å². The maximum absolute atomic E-state index is 11.6. The smallest absolute Gasteiger partial charge is 0.326 e. The highest BCUT2D eigenvalue weighted by Gasteiger charge is 2.25. The summed E-state index contributed by atoms with van der Waals surface area (Å²) in [5.41, 5.74) is 0. The van der Waals surface area contributed by atoms with Gasteiger partial charge in [0.05, 0.1) is 0 Å². The molecule has 94 valence electrons. The van der Waals surface area contributed by atoms with Crippen molar-refractivity contribution in [2.24, 2.45) is 5.92 Å². The number of hydrogen-bond acceptors (Lipinski definition) is 4. The van der Waals surface area contributed by atoms with Crippen molar-refractivity contribution in [1.82, 2.24) is 20.1 Å². The monoisotopic (exact) mass is 240 g/mol. The molecule has 2 N–H and O–H groups in total. The third-order valence-electron chi connectivity index (χ3n) is 2.57. The lowest BCUT2D eigenvalue weighted by Gasteiger charge is -2.19. The van der Waals surface area contributed by atoms with E-state index in [-0.39, 0.29) is 18.4 Å². The lowest BCUT2D eigenvalue weighted by molar-refractivity contribution is -0.143. The minimum atomic E-state index is -1.02. The van der Waals surface area contributed by atoms with Gasteiger partial charge in [0.1, 0.15) is 25.2 Å². The molecule has 0 radical (unpaired) electrons. The van der Waals surface area contributed by atoms with Crippen LogP contribution >= 0.6 is 0 Å². The summed E-state index contributed by atoms with van der Waals surface area (Å²) in [6.45, 7) is 3.64. The Hall–Kier alpha value is -1.92. The molecule has 2 unspecified atom stereocenters. The quantitative estimate of drug-likeness (QED) is 0.723. The van der Waals surface area contributed by atoms with Crippen LogP contribution in [0.1, 0.15) is 20.3 Å². The van der Waals surface area contributed by atoms with Crippen LogP contribution in [0.25, 0.3) is 0 Å². The van der Waals surface area contributed by atoms with Crippen molar-refractivity contribution >= 4 is 11.9 Å². The molecule has 0 aliphatic heterocycles. The fourth-order valence-electron chi connectivity index (χ4n) is 1.36. The first kappa shape index (κ1) is 13.1. The minimum Gasteiger partial charge on any atom is -0.480 e. The number of carboxylic acid groups (broad SMARTS) is 1. The zero-order valence-electron chi connectivity index (χ0n) is 9.83. The Morgan fingerprint density at radius 1 is 1.53 bits per heavy atom. The molecule has 17 heavy (non-hydrogen) atoms. The molecule has 7 nitrogen and oxygen atoms in total. The van der Waals surface area contributed by atoms with Crippen LogP contribution in [0.2, 0.25) is 0 Å². The number of carbonyl (C=O) groups excluding carboxylic acids is 1. The summed E-state index contributed by atoms with van der Waals surface area (Å²) >= 11 is 0. The molecular weight excluding hydrogens is 224 g/mol. The lowest BCUT2D eigenvalue weighted by atomic mass is 9.99. The van der Waals surface area contributed by atoms with Crippen LogP contribution in [0.4, 0.5) is 0 Å². The Bertz CT molecular complexity index is 377. The van der Waals surface area contributed by atoms with E-state index in [1.807, 2.05) is 6.92 Å². The fourth-order valence-corrected chi connectivity index (χ4v) is 1.36. The summed E-state index contributed by atoms with van der Waals surface area (Å²) in [6.07, 6.45) is 3.40. The summed E-state index contributed by atoms with van der Waals surface area (Å²) in [5, 5.41) is 15.2. The molecule has 1 aromatic rings. The van der Waals surface area contributed by atoms with Gasteiger partial charge in [0.15, 0.2) is 0 Å². The maximum atomic E-state index is 11.6.